The van der Waals surface area contributed by atoms with Crippen molar-refractivity contribution < 1.29 is 14.4 Å². The molecule has 172 valence electrons. The summed E-state index contributed by atoms with van der Waals surface area (Å²) in [6.45, 7) is 4.17. The van der Waals surface area contributed by atoms with Gasteiger partial charge in [0.05, 0.1) is 12.3 Å². The first-order chi connectivity index (χ1) is 15.9. The topological polar surface area (TPSA) is 118 Å². The first kappa shape index (κ1) is 24.3. The maximum Gasteiger partial charge on any atom is 0.251 e. The van der Waals surface area contributed by atoms with Crippen LogP contribution in [-0.2, 0) is 22.7 Å². The Morgan fingerprint density at radius 1 is 0.970 bits per heavy atom. The SMILES string of the molecule is CCn1c(CNC(=O)c2ccc(Cl)cc2)nnc1SCC(=O)Nc1ccc(NC(C)=O)cc1. The maximum atomic E-state index is 12.3. The van der Waals surface area contributed by atoms with Crippen molar-refractivity contribution in [1.82, 2.24) is 20.1 Å². The average Bonchev–Trinajstić information content (AvgIpc) is 3.19. The van der Waals surface area contributed by atoms with Crippen molar-refractivity contribution in [2.45, 2.75) is 32.1 Å². The minimum atomic E-state index is -0.240. The van der Waals surface area contributed by atoms with Crippen molar-refractivity contribution in [3.8, 4) is 0 Å². The van der Waals surface area contributed by atoms with E-state index >= 15 is 0 Å². The molecule has 0 radical (unpaired) electrons. The number of nitrogens with one attached hydrogen (secondary N) is 3. The third-order valence-electron chi connectivity index (χ3n) is 4.44. The van der Waals surface area contributed by atoms with Crippen molar-refractivity contribution in [1.29, 1.82) is 0 Å². The molecule has 0 atom stereocenters. The van der Waals surface area contributed by atoms with E-state index in [9.17, 15) is 14.4 Å². The number of hydrogen-bond donors (Lipinski definition) is 3. The lowest BCUT2D eigenvalue weighted by Gasteiger charge is -2.09. The van der Waals surface area contributed by atoms with Gasteiger partial charge in [-0.25, -0.2) is 0 Å². The Labute approximate surface area is 200 Å². The first-order valence-electron chi connectivity index (χ1n) is 10.1. The number of nitrogens with zero attached hydrogens (tertiary/aromatic N) is 3. The molecule has 1 aromatic heterocycles. The van der Waals surface area contributed by atoms with E-state index in [4.69, 9.17) is 11.6 Å². The maximum absolute atomic E-state index is 12.3. The molecule has 33 heavy (non-hydrogen) atoms. The Morgan fingerprint density at radius 3 is 2.21 bits per heavy atom. The zero-order valence-electron chi connectivity index (χ0n) is 18.1. The average molecular weight is 487 g/mol. The minimum Gasteiger partial charge on any atom is -0.345 e. The van der Waals surface area contributed by atoms with Gasteiger partial charge < -0.3 is 20.5 Å². The van der Waals surface area contributed by atoms with Gasteiger partial charge in [0.25, 0.3) is 5.91 Å². The molecule has 0 aliphatic carbocycles. The lowest BCUT2D eigenvalue weighted by atomic mass is 10.2. The monoisotopic (exact) mass is 486 g/mol. The third-order valence-corrected chi connectivity index (χ3v) is 5.66. The number of benzene rings is 2. The summed E-state index contributed by atoms with van der Waals surface area (Å²) in [5.41, 5.74) is 1.78. The molecule has 9 nitrogen and oxygen atoms in total. The number of carbonyl (C=O) groups excluding carboxylic acids is 3. The lowest BCUT2D eigenvalue weighted by molar-refractivity contribution is -0.114. The molecule has 0 saturated heterocycles. The first-order valence-corrected chi connectivity index (χ1v) is 11.5. The van der Waals surface area contributed by atoms with Crippen LogP contribution in [0.4, 0.5) is 11.4 Å². The highest BCUT2D eigenvalue weighted by Crippen LogP contribution is 2.19. The Morgan fingerprint density at radius 2 is 1.61 bits per heavy atom. The molecule has 0 fully saturated rings. The smallest absolute Gasteiger partial charge is 0.251 e. The van der Waals surface area contributed by atoms with Crippen LogP contribution < -0.4 is 16.0 Å². The predicted octanol–water partition coefficient (Wildman–Crippen LogP) is 3.57. The van der Waals surface area contributed by atoms with Crippen LogP contribution in [0.1, 0.15) is 30.0 Å². The van der Waals surface area contributed by atoms with Crippen molar-refractivity contribution >= 4 is 52.5 Å². The number of anilines is 2. The predicted molar refractivity (Wildman–Crippen MR) is 128 cm³/mol. The molecule has 2 aromatic carbocycles. The zero-order chi connectivity index (χ0) is 23.8. The molecular formula is C22H23ClN6O3S. The summed E-state index contributed by atoms with van der Waals surface area (Å²) < 4.78 is 1.85. The van der Waals surface area contributed by atoms with Gasteiger partial charge in [0, 0.05) is 35.4 Å². The van der Waals surface area contributed by atoms with E-state index in [0.29, 0.717) is 39.5 Å². The van der Waals surface area contributed by atoms with E-state index in [1.54, 1.807) is 48.5 Å². The highest BCUT2D eigenvalue weighted by Gasteiger charge is 2.15. The van der Waals surface area contributed by atoms with Gasteiger partial charge in [-0.05, 0) is 55.5 Å². The number of hydrogen-bond acceptors (Lipinski definition) is 6. The largest absolute Gasteiger partial charge is 0.345 e. The molecule has 0 bridgehead atoms. The van der Waals surface area contributed by atoms with Crippen LogP contribution in [0.15, 0.2) is 53.7 Å². The second-order valence-electron chi connectivity index (χ2n) is 6.93. The summed E-state index contributed by atoms with van der Waals surface area (Å²) in [5.74, 6) is 0.136. The second kappa shape index (κ2) is 11.5. The summed E-state index contributed by atoms with van der Waals surface area (Å²) >= 11 is 7.11. The summed E-state index contributed by atoms with van der Waals surface area (Å²) in [6.07, 6.45) is 0. The summed E-state index contributed by atoms with van der Waals surface area (Å²) in [4.78, 5) is 35.7. The van der Waals surface area contributed by atoms with Gasteiger partial charge >= 0.3 is 0 Å². The Hall–Kier alpha value is -3.37. The summed E-state index contributed by atoms with van der Waals surface area (Å²) in [6, 6.07) is 13.5. The molecule has 0 spiro atoms. The summed E-state index contributed by atoms with van der Waals surface area (Å²) in [5, 5.41) is 17.7. The minimum absolute atomic E-state index is 0.142. The molecule has 3 amide bonds. The number of amides is 3. The number of thioether (sulfide) groups is 1. The molecule has 0 unspecified atom stereocenters. The van der Waals surface area contributed by atoms with Crippen molar-refractivity contribution in [2.24, 2.45) is 0 Å². The third kappa shape index (κ3) is 7.06. The van der Waals surface area contributed by atoms with Crippen LogP contribution in [0.3, 0.4) is 0 Å². The Bertz CT molecular complexity index is 1130. The van der Waals surface area contributed by atoms with Crippen molar-refractivity contribution in [2.75, 3.05) is 16.4 Å². The van der Waals surface area contributed by atoms with E-state index in [1.165, 1.54) is 18.7 Å². The number of carbonyl (C=O) groups is 3. The van der Waals surface area contributed by atoms with Gasteiger partial charge in [-0.1, -0.05) is 23.4 Å². The van der Waals surface area contributed by atoms with Crippen molar-refractivity contribution in [3.05, 3.63) is 64.9 Å². The second-order valence-corrected chi connectivity index (χ2v) is 8.31. The van der Waals surface area contributed by atoms with Crippen molar-refractivity contribution in [3.63, 3.8) is 0 Å². The van der Waals surface area contributed by atoms with E-state index < -0.39 is 0 Å². The Kier molecular flexibility index (Phi) is 8.45. The van der Waals surface area contributed by atoms with Crippen LogP contribution in [0.25, 0.3) is 0 Å². The van der Waals surface area contributed by atoms with Gasteiger partial charge in [0.1, 0.15) is 0 Å². The molecule has 3 N–H and O–H groups in total. The lowest BCUT2D eigenvalue weighted by Crippen LogP contribution is -2.24. The fraction of sp³-hybridized carbons (Fsp3) is 0.227. The van der Waals surface area contributed by atoms with Gasteiger partial charge in [-0.2, -0.15) is 0 Å². The highest BCUT2D eigenvalue weighted by molar-refractivity contribution is 7.99. The van der Waals surface area contributed by atoms with E-state index in [0.717, 1.165) is 0 Å². The number of halogens is 1. The molecule has 3 rings (SSSR count). The number of aromatic nitrogens is 3. The van der Waals surface area contributed by atoms with Gasteiger partial charge in [0.2, 0.25) is 11.8 Å². The number of rotatable bonds is 9. The molecule has 0 aliphatic heterocycles. The molecule has 0 saturated carbocycles. The fourth-order valence-corrected chi connectivity index (χ4v) is 3.85. The van der Waals surface area contributed by atoms with Crippen LogP contribution >= 0.6 is 23.4 Å². The van der Waals surface area contributed by atoms with Crippen LogP contribution in [0, 0.1) is 0 Å². The van der Waals surface area contributed by atoms with Gasteiger partial charge in [0.15, 0.2) is 11.0 Å². The molecule has 11 heteroatoms. The fourth-order valence-electron chi connectivity index (χ4n) is 2.90. The van der Waals surface area contributed by atoms with E-state index in [2.05, 4.69) is 26.1 Å². The van der Waals surface area contributed by atoms with Crippen LogP contribution in [0.5, 0.6) is 0 Å². The summed E-state index contributed by atoms with van der Waals surface area (Å²) in [7, 11) is 0. The zero-order valence-corrected chi connectivity index (χ0v) is 19.7. The van der Waals surface area contributed by atoms with Crippen LogP contribution in [0.2, 0.25) is 5.02 Å². The normalized spacial score (nSPS) is 10.5. The standard InChI is InChI=1S/C22H23ClN6O3S/c1-3-29-19(12-24-21(32)15-4-6-16(23)7-5-15)27-28-22(29)33-13-20(31)26-18-10-8-17(9-11-18)25-14(2)30/h4-11H,3,12-13H2,1-2H3,(H,24,32)(H,25,30)(H,26,31). The molecular weight excluding hydrogens is 464 g/mol. The van der Waals surface area contributed by atoms with Gasteiger partial charge in [-0.3, -0.25) is 14.4 Å². The quantitative estimate of drug-likeness (QED) is 0.398. The molecule has 1 heterocycles. The highest BCUT2D eigenvalue weighted by atomic mass is 35.5. The van der Waals surface area contributed by atoms with Gasteiger partial charge in [-0.15, -0.1) is 10.2 Å². The Balaban J connectivity index is 1.53. The van der Waals surface area contributed by atoms with Crippen LogP contribution in [-0.4, -0.2) is 38.2 Å². The molecule has 0 aliphatic rings. The van der Waals surface area contributed by atoms with E-state index in [-0.39, 0.29) is 30.0 Å². The van der Waals surface area contributed by atoms with E-state index in [1.807, 2.05) is 11.5 Å². The molecule has 3 aromatic rings.